The molecule has 2 aromatic rings. The van der Waals surface area contributed by atoms with E-state index in [2.05, 4.69) is 9.98 Å². The Hall–Kier alpha value is -2.61. The molecule has 0 unspecified atom stereocenters. The number of rotatable bonds is 5. The van der Waals surface area contributed by atoms with Crippen LogP contribution in [-0.2, 0) is 11.3 Å². The fourth-order valence-corrected chi connectivity index (χ4v) is 2.45. The summed E-state index contributed by atoms with van der Waals surface area (Å²) >= 11 is 0. The highest BCUT2D eigenvalue weighted by Crippen LogP contribution is 2.13. The van der Waals surface area contributed by atoms with Crippen molar-refractivity contribution in [2.24, 2.45) is 4.99 Å². The van der Waals surface area contributed by atoms with E-state index in [1.54, 1.807) is 12.1 Å². The van der Waals surface area contributed by atoms with E-state index in [-0.39, 0.29) is 18.2 Å². The van der Waals surface area contributed by atoms with Crippen LogP contribution in [0.5, 0.6) is 5.88 Å². The van der Waals surface area contributed by atoms with Gasteiger partial charge < -0.3 is 14.3 Å². The summed E-state index contributed by atoms with van der Waals surface area (Å²) < 4.78 is 11.6. The molecule has 1 saturated heterocycles. The molecule has 1 fully saturated rings. The second-order valence-corrected chi connectivity index (χ2v) is 5.29. The predicted molar refractivity (Wildman–Crippen MR) is 82.2 cm³/mol. The van der Waals surface area contributed by atoms with Crippen molar-refractivity contribution in [3.8, 4) is 5.88 Å². The molecular formula is C15H17N3O5. The summed E-state index contributed by atoms with van der Waals surface area (Å²) in [5.41, 5.74) is -1.45. The molecule has 1 atom stereocenters. The molecular weight excluding hydrogens is 302 g/mol. The van der Waals surface area contributed by atoms with Crippen LogP contribution in [0.15, 0.2) is 37.4 Å². The Balaban J connectivity index is 1.85. The van der Waals surface area contributed by atoms with E-state index < -0.39 is 17.1 Å². The number of hydrogen-bond acceptors (Lipinski definition) is 6. The zero-order valence-corrected chi connectivity index (χ0v) is 12.4. The van der Waals surface area contributed by atoms with Crippen LogP contribution < -0.4 is 11.2 Å². The van der Waals surface area contributed by atoms with E-state index in [0.29, 0.717) is 12.3 Å². The van der Waals surface area contributed by atoms with E-state index in [4.69, 9.17) is 9.15 Å². The summed E-state index contributed by atoms with van der Waals surface area (Å²) in [7, 11) is 0. The van der Waals surface area contributed by atoms with E-state index in [0.717, 1.165) is 24.0 Å². The summed E-state index contributed by atoms with van der Waals surface area (Å²) in [6.45, 7) is 1.15. The van der Waals surface area contributed by atoms with Crippen LogP contribution >= 0.6 is 0 Å². The number of nitrogens with zero attached hydrogens (tertiary/aromatic N) is 2. The smallest absolute Gasteiger partial charge is 0.331 e. The first kappa shape index (κ1) is 15.3. The zero-order chi connectivity index (χ0) is 16.2. The number of aromatic nitrogens is 2. The summed E-state index contributed by atoms with van der Waals surface area (Å²) in [5.74, 6) is 0.0444. The highest BCUT2D eigenvalue weighted by Gasteiger charge is 2.16. The molecule has 0 aromatic carbocycles. The van der Waals surface area contributed by atoms with Gasteiger partial charge in [0.15, 0.2) is 0 Å². The van der Waals surface area contributed by atoms with Crippen molar-refractivity contribution in [1.82, 2.24) is 9.55 Å². The maximum absolute atomic E-state index is 11.9. The van der Waals surface area contributed by atoms with E-state index in [1.165, 1.54) is 12.5 Å². The van der Waals surface area contributed by atoms with Gasteiger partial charge in [-0.1, -0.05) is 0 Å². The number of nitrogens with one attached hydrogen (secondary N) is 1. The van der Waals surface area contributed by atoms with Crippen LogP contribution in [0, 0.1) is 0 Å². The minimum absolute atomic E-state index is 0.0149. The number of hydrogen-bond donors (Lipinski definition) is 2. The quantitative estimate of drug-likeness (QED) is 0.779. The van der Waals surface area contributed by atoms with Gasteiger partial charge in [0, 0.05) is 12.8 Å². The molecule has 3 heterocycles. The number of H-pyrrole nitrogens is 1. The molecule has 0 spiro atoms. The lowest BCUT2D eigenvalue weighted by molar-refractivity contribution is 0.118. The Bertz CT molecular complexity index is 798. The van der Waals surface area contributed by atoms with Crippen molar-refractivity contribution in [1.29, 1.82) is 0 Å². The predicted octanol–water partition coefficient (Wildman–Crippen LogP) is 0.481. The van der Waals surface area contributed by atoms with Crippen LogP contribution in [-0.4, -0.2) is 40.1 Å². The van der Waals surface area contributed by atoms with Gasteiger partial charge in [-0.25, -0.2) is 4.79 Å². The lowest BCUT2D eigenvalue weighted by atomic mass is 10.2. The van der Waals surface area contributed by atoms with Gasteiger partial charge in [-0.15, -0.1) is 0 Å². The standard InChI is InChI=1S/C15H17N3O5/c19-13-12(8-16-7-10-3-1-5-22-10)14(20)18(15(21)17-13)9-11-4-2-6-23-11/h2,4,6,8,10,20H,1,3,5,7,9H2,(H,17,19,21)/t10-/m0/s1. The Morgan fingerprint density at radius 3 is 3.04 bits per heavy atom. The lowest BCUT2D eigenvalue weighted by Gasteiger charge is -2.08. The molecule has 1 aliphatic heterocycles. The van der Waals surface area contributed by atoms with Crippen molar-refractivity contribution in [3.63, 3.8) is 0 Å². The second-order valence-electron chi connectivity index (χ2n) is 5.29. The van der Waals surface area contributed by atoms with Crippen molar-refractivity contribution in [3.05, 3.63) is 50.6 Å². The van der Waals surface area contributed by atoms with Gasteiger partial charge in [0.1, 0.15) is 11.3 Å². The van der Waals surface area contributed by atoms with Crippen molar-refractivity contribution in [2.45, 2.75) is 25.5 Å². The van der Waals surface area contributed by atoms with Crippen molar-refractivity contribution in [2.75, 3.05) is 13.2 Å². The molecule has 1 aliphatic rings. The average Bonchev–Trinajstić information content (AvgIpc) is 3.20. The Morgan fingerprint density at radius 1 is 1.48 bits per heavy atom. The summed E-state index contributed by atoms with van der Waals surface area (Å²) in [5, 5.41) is 10.2. The Kier molecular flexibility index (Phi) is 4.42. The van der Waals surface area contributed by atoms with Gasteiger partial charge in [-0.2, -0.15) is 0 Å². The van der Waals surface area contributed by atoms with Gasteiger partial charge in [0.25, 0.3) is 5.56 Å². The van der Waals surface area contributed by atoms with Crippen LogP contribution in [0.2, 0.25) is 0 Å². The Labute approximate surface area is 131 Å². The molecule has 2 N–H and O–H groups in total. The first-order chi connectivity index (χ1) is 11.1. The number of aliphatic imine (C=N–C) groups is 1. The molecule has 8 heteroatoms. The topological polar surface area (TPSA) is 110 Å². The molecule has 0 bridgehead atoms. The van der Waals surface area contributed by atoms with Crippen LogP contribution in [0.4, 0.5) is 0 Å². The largest absolute Gasteiger partial charge is 0.494 e. The van der Waals surface area contributed by atoms with Crippen LogP contribution in [0.25, 0.3) is 0 Å². The van der Waals surface area contributed by atoms with Crippen LogP contribution in [0.3, 0.4) is 0 Å². The number of aromatic amines is 1. The molecule has 0 aliphatic carbocycles. The third kappa shape index (κ3) is 3.42. The fraction of sp³-hybridized carbons (Fsp3) is 0.400. The minimum Gasteiger partial charge on any atom is -0.494 e. The molecule has 0 radical (unpaired) electrons. The third-order valence-corrected chi connectivity index (χ3v) is 3.65. The van der Waals surface area contributed by atoms with Gasteiger partial charge in [-0.3, -0.25) is 19.3 Å². The second kappa shape index (κ2) is 6.66. The van der Waals surface area contributed by atoms with E-state index in [9.17, 15) is 14.7 Å². The SMILES string of the molecule is O=c1[nH]c(=O)n(Cc2ccco2)c(O)c1C=NC[C@@H]1CCCO1. The lowest BCUT2D eigenvalue weighted by Crippen LogP contribution is -2.32. The third-order valence-electron chi connectivity index (χ3n) is 3.65. The molecule has 0 saturated carbocycles. The normalized spacial score (nSPS) is 18.0. The molecule has 2 aromatic heterocycles. The summed E-state index contributed by atoms with van der Waals surface area (Å²) in [6, 6.07) is 3.34. The summed E-state index contributed by atoms with van der Waals surface area (Å²) in [4.78, 5) is 30.0. The number of furan rings is 1. The van der Waals surface area contributed by atoms with E-state index >= 15 is 0 Å². The highest BCUT2D eigenvalue weighted by atomic mass is 16.5. The van der Waals surface area contributed by atoms with Crippen molar-refractivity contribution < 1.29 is 14.3 Å². The maximum atomic E-state index is 11.9. The molecule has 23 heavy (non-hydrogen) atoms. The zero-order valence-electron chi connectivity index (χ0n) is 12.4. The van der Waals surface area contributed by atoms with E-state index in [1.807, 2.05) is 0 Å². The van der Waals surface area contributed by atoms with Gasteiger partial charge in [-0.05, 0) is 25.0 Å². The minimum atomic E-state index is -0.708. The van der Waals surface area contributed by atoms with Gasteiger partial charge in [0.05, 0.1) is 25.5 Å². The monoisotopic (exact) mass is 319 g/mol. The first-order valence-corrected chi connectivity index (χ1v) is 7.35. The van der Waals surface area contributed by atoms with Gasteiger partial charge >= 0.3 is 5.69 Å². The molecule has 3 rings (SSSR count). The molecule has 122 valence electrons. The number of aromatic hydroxyl groups is 1. The average molecular weight is 319 g/mol. The number of ether oxygens (including phenoxy) is 1. The van der Waals surface area contributed by atoms with Crippen molar-refractivity contribution >= 4 is 6.21 Å². The first-order valence-electron chi connectivity index (χ1n) is 7.35. The van der Waals surface area contributed by atoms with Gasteiger partial charge in [0.2, 0.25) is 5.88 Å². The molecule has 8 nitrogen and oxygen atoms in total. The Morgan fingerprint density at radius 2 is 2.35 bits per heavy atom. The highest BCUT2D eigenvalue weighted by molar-refractivity contribution is 5.81. The maximum Gasteiger partial charge on any atom is 0.331 e. The summed E-state index contributed by atoms with van der Waals surface area (Å²) in [6.07, 6.45) is 4.71. The molecule has 0 amide bonds. The fourth-order valence-electron chi connectivity index (χ4n) is 2.45. The van der Waals surface area contributed by atoms with Crippen LogP contribution in [0.1, 0.15) is 24.2 Å².